The number of nitrogens with zero attached hydrogens (tertiary/aromatic N) is 5. The number of guanidine groups is 1. The molecule has 0 radical (unpaired) electrons. The molecule has 1 aromatic rings. The average Bonchev–Trinajstić information content (AvgIpc) is 3.11. The molecule has 14 heteroatoms. The lowest BCUT2D eigenvalue weighted by Gasteiger charge is -2.31. The Morgan fingerprint density at radius 3 is 2.75 bits per heavy atom. The molecule has 0 unspecified atom stereocenters. The van der Waals surface area contributed by atoms with Crippen LogP contribution in [0.5, 0.6) is 0 Å². The Morgan fingerprint density at radius 1 is 1.32 bits per heavy atom. The van der Waals surface area contributed by atoms with Crippen molar-refractivity contribution in [2.75, 3.05) is 6.54 Å². The molecule has 3 aliphatic rings. The van der Waals surface area contributed by atoms with Crippen molar-refractivity contribution in [3.05, 3.63) is 11.8 Å². The molecule has 3 heterocycles. The predicted octanol–water partition coefficient (Wildman–Crippen LogP) is -0.660. The van der Waals surface area contributed by atoms with Crippen LogP contribution in [0.3, 0.4) is 0 Å². The van der Waals surface area contributed by atoms with Gasteiger partial charge >= 0.3 is 16.4 Å². The number of amides is 2. The van der Waals surface area contributed by atoms with Crippen molar-refractivity contribution < 1.29 is 26.5 Å². The molecule has 5 N–H and O–H groups in total. The number of aliphatic imine (C=N–C) groups is 1. The fourth-order valence-corrected chi connectivity index (χ4v) is 4.39. The van der Waals surface area contributed by atoms with E-state index in [2.05, 4.69) is 19.5 Å². The van der Waals surface area contributed by atoms with Gasteiger partial charge in [-0.05, 0) is 31.6 Å². The first-order valence-electron chi connectivity index (χ1n) is 8.87. The number of carbonyl (C=O) groups excluding carboxylic acids is 1. The Bertz CT molecular complexity index is 892. The first-order valence-corrected chi connectivity index (χ1v) is 10.2. The van der Waals surface area contributed by atoms with Gasteiger partial charge in [-0.3, -0.25) is 9.55 Å². The van der Waals surface area contributed by atoms with E-state index >= 15 is 0 Å². The molecule has 0 aromatic carbocycles. The highest BCUT2D eigenvalue weighted by atomic mass is 32.3. The van der Waals surface area contributed by atoms with Crippen molar-refractivity contribution >= 4 is 22.4 Å². The van der Waals surface area contributed by atoms with Crippen molar-refractivity contribution in [3.63, 3.8) is 0 Å². The van der Waals surface area contributed by atoms with E-state index in [1.165, 1.54) is 4.90 Å². The maximum atomic E-state index is 12.4. The first kappa shape index (κ1) is 18.9. The molecule has 2 amide bonds. The monoisotopic (exact) mass is 415 g/mol. The van der Waals surface area contributed by atoms with Gasteiger partial charge in [0.15, 0.2) is 5.96 Å². The number of urea groups is 1. The van der Waals surface area contributed by atoms with Gasteiger partial charge in [0.1, 0.15) is 6.04 Å². The van der Waals surface area contributed by atoms with Crippen LogP contribution < -0.4 is 11.5 Å². The minimum Gasteiger partial charge on any atom is -0.423 e. The molecular weight excluding hydrogens is 394 g/mol. The third-order valence-electron chi connectivity index (χ3n) is 5.27. The van der Waals surface area contributed by atoms with Crippen LogP contribution in [-0.4, -0.2) is 63.8 Å². The maximum Gasteiger partial charge on any atom is 0.418 e. The number of piperidine rings is 1. The quantitative estimate of drug-likeness (QED) is 0.305. The number of fused-ring (bicyclic) bond motifs is 2. The standard InChI is InChI=1S/C14H21N7O6S/c15-13(16)17-8-3-7(4-8)5-11-18-19-12(26-11)10-2-1-9-6-20(10)14(22)21(9)27-28(23,24)25/h7-10H,1-6H2,(H4,15,16,17)(H,23,24,25)/t7?,8?,9-,10-/m0/s1. The molecular formula is C14H21N7O6S. The molecule has 2 aliphatic heterocycles. The number of hydrogen-bond donors (Lipinski definition) is 3. The molecule has 2 atom stereocenters. The van der Waals surface area contributed by atoms with Crippen LogP contribution in [0.1, 0.15) is 43.5 Å². The zero-order chi connectivity index (χ0) is 20.1. The summed E-state index contributed by atoms with van der Waals surface area (Å²) >= 11 is 0. The van der Waals surface area contributed by atoms with Crippen LogP contribution in [-0.2, 0) is 21.1 Å². The number of aromatic nitrogens is 2. The largest absolute Gasteiger partial charge is 0.423 e. The summed E-state index contributed by atoms with van der Waals surface area (Å²) in [6, 6.07) is -1.46. The van der Waals surface area contributed by atoms with Gasteiger partial charge in [-0.25, -0.2) is 4.79 Å². The highest BCUT2D eigenvalue weighted by molar-refractivity contribution is 7.80. The molecule has 3 fully saturated rings. The maximum absolute atomic E-state index is 12.4. The van der Waals surface area contributed by atoms with E-state index in [0.717, 1.165) is 12.8 Å². The normalized spacial score (nSPS) is 29.7. The smallest absolute Gasteiger partial charge is 0.418 e. The van der Waals surface area contributed by atoms with Crippen molar-refractivity contribution in [2.45, 2.75) is 50.2 Å². The SMILES string of the molecule is NC(N)=NC1CC(Cc2nnc([C@@H]3CC[C@H]4CN3C(=O)N4OS(=O)(=O)O)o2)C1. The molecule has 2 bridgehead atoms. The molecule has 1 aliphatic carbocycles. The number of nitrogens with two attached hydrogens (primary N) is 2. The van der Waals surface area contributed by atoms with Gasteiger partial charge in [0.25, 0.3) is 0 Å². The molecule has 0 spiro atoms. The molecule has 1 aromatic heterocycles. The summed E-state index contributed by atoms with van der Waals surface area (Å²) in [7, 11) is -4.78. The van der Waals surface area contributed by atoms with E-state index < -0.39 is 28.5 Å². The second-order valence-electron chi connectivity index (χ2n) is 7.29. The minimum atomic E-state index is -4.78. The lowest BCUT2D eigenvalue weighted by molar-refractivity contribution is -0.0317. The fraction of sp³-hybridized carbons (Fsp3) is 0.714. The fourth-order valence-electron chi connectivity index (χ4n) is 4.00. The molecule has 154 valence electrons. The van der Waals surface area contributed by atoms with Crippen LogP contribution in [0.2, 0.25) is 0 Å². The van der Waals surface area contributed by atoms with E-state index in [9.17, 15) is 13.2 Å². The third-order valence-corrected chi connectivity index (χ3v) is 5.62. The van der Waals surface area contributed by atoms with Crippen LogP contribution in [0.15, 0.2) is 9.41 Å². The Hall–Kier alpha value is -2.45. The highest BCUT2D eigenvalue weighted by Gasteiger charge is 2.49. The number of rotatable bonds is 6. The van der Waals surface area contributed by atoms with Gasteiger partial charge in [0.05, 0.1) is 12.1 Å². The van der Waals surface area contributed by atoms with Crippen molar-refractivity contribution in [1.82, 2.24) is 20.2 Å². The Kier molecular flexibility index (Phi) is 4.63. The first-order chi connectivity index (χ1) is 13.2. The van der Waals surface area contributed by atoms with Crippen LogP contribution in [0.4, 0.5) is 4.79 Å². The molecule has 4 rings (SSSR count). The summed E-state index contributed by atoms with van der Waals surface area (Å²) in [5.74, 6) is 1.21. The van der Waals surface area contributed by atoms with Crippen molar-refractivity contribution in [2.24, 2.45) is 22.4 Å². The van der Waals surface area contributed by atoms with Gasteiger partial charge in [-0.1, -0.05) is 0 Å². The summed E-state index contributed by atoms with van der Waals surface area (Å²) in [6.45, 7) is 0.250. The summed E-state index contributed by atoms with van der Waals surface area (Å²) in [6.07, 6.45) is 3.27. The van der Waals surface area contributed by atoms with Crippen LogP contribution >= 0.6 is 0 Å². The lowest BCUT2D eigenvalue weighted by Crippen LogP contribution is -2.35. The summed E-state index contributed by atoms with van der Waals surface area (Å²) < 4.78 is 40.9. The van der Waals surface area contributed by atoms with Crippen LogP contribution in [0, 0.1) is 5.92 Å². The third kappa shape index (κ3) is 3.74. The summed E-state index contributed by atoms with van der Waals surface area (Å²) in [5.41, 5.74) is 10.7. The average molecular weight is 415 g/mol. The summed E-state index contributed by atoms with van der Waals surface area (Å²) in [4.78, 5) is 18.0. The van der Waals surface area contributed by atoms with Crippen molar-refractivity contribution in [1.29, 1.82) is 0 Å². The van der Waals surface area contributed by atoms with E-state index in [0.29, 0.717) is 42.0 Å². The predicted molar refractivity (Wildman–Crippen MR) is 92.7 cm³/mol. The second-order valence-corrected chi connectivity index (χ2v) is 8.30. The zero-order valence-corrected chi connectivity index (χ0v) is 15.7. The van der Waals surface area contributed by atoms with Crippen molar-refractivity contribution in [3.8, 4) is 0 Å². The van der Waals surface area contributed by atoms with Gasteiger partial charge < -0.3 is 20.8 Å². The number of hydrogen-bond acceptors (Lipinski definition) is 8. The summed E-state index contributed by atoms with van der Waals surface area (Å²) in [5, 5.41) is 8.81. The Morgan fingerprint density at radius 2 is 2.07 bits per heavy atom. The number of carbonyl (C=O) groups is 1. The van der Waals surface area contributed by atoms with Gasteiger partial charge in [0, 0.05) is 13.0 Å². The van der Waals surface area contributed by atoms with E-state index in [1.54, 1.807) is 0 Å². The van der Waals surface area contributed by atoms with E-state index in [1.807, 2.05) is 0 Å². The van der Waals surface area contributed by atoms with Gasteiger partial charge in [0.2, 0.25) is 11.8 Å². The lowest BCUT2D eigenvalue weighted by atomic mass is 9.78. The second kappa shape index (κ2) is 6.86. The molecule has 13 nitrogen and oxygen atoms in total. The Balaban J connectivity index is 1.39. The van der Waals surface area contributed by atoms with E-state index in [4.69, 9.17) is 20.4 Å². The molecule has 2 saturated heterocycles. The van der Waals surface area contributed by atoms with E-state index in [-0.39, 0.29) is 18.5 Å². The number of hydroxylamine groups is 2. The molecule has 1 saturated carbocycles. The molecule has 28 heavy (non-hydrogen) atoms. The van der Waals surface area contributed by atoms with Crippen LogP contribution in [0.25, 0.3) is 0 Å². The highest BCUT2D eigenvalue weighted by Crippen LogP contribution is 2.39. The van der Waals surface area contributed by atoms with Gasteiger partial charge in [-0.2, -0.15) is 13.5 Å². The van der Waals surface area contributed by atoms with Gasteiger partial charge in [-0.15, -0.1) is 14.5 Å². The minimum absolute atomic E-state index is 0.0847. The Labute approximate surface area is 160 Å². The zero-order valence-electron chi connectivity index (χ0n) is 14.8. The topological polar surface area (TPSA) is 190 Å².